The number of aromatic hydroxyl groups is 1. The summed E-state index contributed by atoms with van der Waals surface area (Å²) in [5.74, 6) is -1.11. The van der Waals surface area contributed by atoms with Crippen LogP contribution in [0.4, 0.5) is 33.6 Å². The average Bonchev–Trinajstić information content (AvgIpc) is 4.03. The van der Waals surface area contributed by atoms with Crippen molar-refractivity contribution in [1.82, 2.24) is 14.4 Å². The Hall–Kier alpha value is -7.16. The van der Waals surface area contributed by atoms with Crippen LogP contribution in [0.1, 0.15) is 35.1 Å². The van der Waals surface area contributed by atoms with Gasteiger partial charge in [0.25, 0.3) is 40.5 Å². The molecule has 0 bridgehead atoms. The van der Waals surface area contributed by atoms with E-state index in [1.165, 1.54) is 41.8 Å². The van der Waals surface area contributed by atoms with E-state index in [9.17, 15) is 67.4 Å². The van der Waals surface area contributed by atoms with Crippen molar-refractivity contribution in [3.8, 4) is 23.4 Å². The first kappa shape index (κ1) is 56.1. The molecule has 3 heterocycles. The number of thioether (sulfide) groups is 1. The molecule has 0 saturated carbocycles. The van der Waals surface area contributed by atoms with Crippen LogP contribution in [0.3, 0.4) is 0 Å². The van der Waals surface area contributed by atoms with Gasteiger partial charge >= 0.3 is 0 Å². The third kappa shape index (κ3) is 12.7. The largest absolute Gasteiger partial charge is 0.497 e. The minimum Gasteiger partial charge on any atom is -0.497 e. The van der Waals surface area contributed by atoms with Gasteiger partial charge in [0.2, 0.25) is 11.0 Å². The summed E-state index contributed by atoms with van der Waals surface area (Å²) in [6, 6.07) is 17.2. The van der Waals surface area contributed by atoms with E-state index in [1.54, 1.807) is 32.0 Å². The SMILES string of the molecule is COc1ccc2nc3c(C#N)c(C)c(N=Nc4cc(C)c(N=Nc5cc(CO)c(N=Nc6nc7c(S(=O)(=O)O)cc8ccc(S(=O)(=O)O)cc8c7s6)cc5SCCCS(=O)(=O)O)cc4OCCCS(=O)(=O)O)c(O)n3c2c1. The number of methoxy groups -OCH3 is 1. The van der Waals surface area contributed by atoms with Gasteiger partial charge in [-0.3, -0.25) is 22.6 Å². The number of rotatable bonds is 20. The summed E-state index contributed by atoms with van der Waals surface area (Å²) in [7, 11) is -16.8. The van der Waals surface area contributed by atoms with Crippen molar-refractivity contribution in [3.05, 3.63) is 89.0 Å². The molecule has 0 aliphatic carbocycles. The lowest BCUT2D eigenvalue weighted by atomic mass is 10.1. The van der Waals surface area contributed by atoms with Gasteiger partial charge in [0, 0.05) is 33.5 Å². The maximum atomic E-state index is 12.5. The molecule has 8 rings (SSSR count). The second kappa shape index (κ2) is 22.1. The maximum Gasteiger partial charge on any atom is 0.296 e. The van der Waals surface area contributed by atoms with E-state index in [0.29, 0.717) is 27.2 Å². The number of hydrogen-bond donors (Lipinski definition) is 6. The fourth-order valence-corrected chi connectivity index (χ4v) is 11.9. The highest BCUT2D eigenvalue weighted by Crippen LogP contribution is 2.44. The van der Waals surface area contributed by atoms with Gasteiger partial charge in [-0.25, -0.2) is 9.97 Å². The molecule has 77 heavy (non-hydrogen) atoms. The van der Waals surface area contributed by atoms with Crippen molar-refractivity contribution in [2.45, 2.75) is 48.0 Å². The zero-order chi connectivity index (χ0) is 55.8. The summed E-state index contributed by atoms with van der Waals surface area (Å²) in [4.78, 5) is 7.94. The highest BCUT2D eigenvalue weighted by molar-refractivity contribution is 7.99. The van der Waals surface area contributed by atoms with Crippen molar-refractivity contribution < 1.29 is 71.6 Å². The summed E-state index contributed by atoms with van der Waals surface area (Å²) in [5, 5.41) is 58.5. The van der Waals surface area contributed by atoms with Gasteiger partial charge < -0.3 is 19.7 Å². The number of aromatic nitrogens is 3. The molecular formula is C45H40N10O16S6. The first-order valence-corrected chi connectivity index (χ1v) is 29.9. The van der Waals surface area contributed by atoms with Crippen LogP contribution in [0.25, 0.3) is 37.7 Å². The number of fused-ring (bicyclic) bond motifs is 6. The summed E-state index contributed by atoms with van der Waals surface area (Å²) in [6.07, 6.45) is -0.192. The second-order valence-corrected chi connectivity index (χ2v) is 24.7. The Morgan fingerprint density at radius 3 is 2.14 bits per heavy atom. The van der Waals surface area contributed by atoms with Crippen LogP contribution in [0.5, 0.6) is 17.4 Å². The lowest BCUT2D eigenvalue weighted by Crippen LogP contribution is -2.08. The molecule has 0 fully saturated rings. The highest BCUT2D eigenvalue weighted by atomic mass is 32.2. The number of azo groups is 3. The first-order chi connectivity index (χ1) is 36.3. The van der Waals surface area contributed by atoms with Gasteiger partial charge in [0.15, 0.2) is 11.3 Å². The fourth-order valence-electron chi connectivity index (χ4n) is 7.64. The van der Waals surface area contributed by atoms with Crippen molar-refractivity contribution in [2.24, 2.45) is 30.7 Å². The van der Waals surface area contributed by atoms with Crippen LogP contribution in [-0.2, 0) is 47.1 Å². The predicted octanol–water partition coefficient (Wildman–Crippen LogP) is 9.71. The molecule has 0 atom stereocenters. The minimum atomic E-state index is -4.90. The number of imidazole rings is 1. The van der Waals surface area contributed by atoms with Gasteiger partial charge in [-0.05, 0) is 91.9 Å². The Balaban J connectivity index is 1.19. The molecule has 32 heteroatoms. The Morgan fingerprint density at radius 2 is 1.47 bits per heavy atom. The number of aryl methyl sites for hydroxylation is 1. The van der Waals surface area contributed by atoms with E-state index in [2.05, 4.69) is 46.7 Å². The van der Waals surface area contributed by atoms with Crippen molar-refractivity contribution in [3.63, 3.8) is 0 Å². The van der Waals surface area contributed by atoms with Crippen molar-refractivity contribution >= 4 is 135 Å². The minimum absolute atomic E-state index is 0.0165. The molecule has 3 aromatic heterocycles. The number of aliphatic hydroxyl groups excluding tert-OH is 1. The molecule has 8 aromatic rings. The van der Waals surface area contributed by atoms with Crippen LogP contribution in [0.2, 0.25) is 0 Å². The highest BCUT2D eigenvalue weighted by Gasteiger charge is 2.24. The molecule has 0 saturated heterocycles. The number of nitrogens with zero attached hydrogens (tertiary/aromatic N) is 10. The van der Waals surface area contributed by atoms with Gasteiger partial charge in [-0.15, -0.1) is 37.3 Å². The molecule has 0 radical (unpaired) electrons. The monoisotopic (exact) mass is 1170 g/mol. The maximum absolute atomic E-state index is 12.5. The molecular weight excluding hydrogens is 1130 g/mol. The second-order valence-electron chi connectivity index (χ2n) is 16.6. The van der Waals surface area contributed by atoms with E-state index in [0.717, 1.165) is 41.3 Å². The quantitative estimate of drug-likeness (QED) is 0.0179. The Labute approximate surface area is 445 Å². The van der Waals surface area contributed by atoms with Crippen molar-refractivity contribution in [1.29, 1.82) is 5.26 Å². The van der Waals surface area contributed by atoms with Gasteiger partial charge in [-0.2, -0.15) is 44.0 Å². The van der Waals surface area contributed by atoms with Crippen LogP contribution in [-0.4, -0.2) is 107 Å². The number of benzene rings is 5. The average molecular weight is 1170 g/mol. The Bertz CT molecular complexity index is 4330. The number of nitriles is 1. The molecule has 6 N–H and O–H groups in total. The van der Waals surface area contributed by atoms with E-state index in [-0.39, 0.29) is 108 Å². The van der Waals surface area contributed by atoms with Crippen LogP contribution in [0.15, 0.2) is 112 Å². The molecule has 0 aliphatic heterocycles. The number of aliphatic hydroxyl groups is 1. The van der Waals surface area contributed by atoms with E-state index < -0.39 is 74.3 Å². The summed E-state index contributed by atoms with van der Waals surface area (Å²) in [6.45, 7) is 2.26. The third-order valence-electron chi connectivity index (χ3n) is 11.3. The zero-order valence-corrected chi connectivity index (χ0v) is 44.9. The molecule has 402 valence electrons. The number of pyridine rings is 1. The smallest absolute Gasteiger partial charge is 0.296 e. The lowest BCUT2D eigenvalue weighted by molar-refractivity contribution is 0.282. The Morgan fingerprint density at radius 1 is 0.766 bits per heavy atom. The van der Waals surface area contributed by atoms with Crippen LogP contribution in [0, 0.1) is 25.2 Å². The third-order valence-corrected chi connectivity index (χ3v) is 16.7. The van der Waals surface area contributed by atoms with Gasteiger partial charge in [-0.1, -0.05) is 17.4 Å². The number of thiazole rings is 1. The summed E-state index contributed by atoms with van der Waals surface area (Å²) < 4.78 is 146. The summed E-state index contributed by atoms with van der Waals surface area (Å²) in [5.41, 5.74) is 1.83. The van der Waals surface area contributed by atoms with Gasteiger partial charge in [0.1, 0.15) is 39.2 Å². The first-order valence-electron chi connectivity index (χ1n) is 22.0. The van der Waals surface area contributed by atoms with E-state index in [1.807, 2.05) is 0 Å². The van der Waals surface area contributed by atoms with Crippen LogP contribution >= 0.6 is 23.1 Å². The van der Waals surface area contributed by atoms with E-state index in [4.69, 9.17) is 9.47 Å². The molecule has 0 amide bonds. The molecule has 0 aliphatic rings. The number of hydrogen-bond acceptors (Lipinski definition) is 23. The topological polar surface area (TPSA) is 405 Å². The fraction of sp³-hybridized carbons (Fsp3) is 0.222. The molecule has 0 spiro atoms. The normalized spacial score (nSPS) is 12.9. The number of ether oxygens (including phenoxy) is 2. The van der Waals surface area contributed by atoms with Crippen molar-refractivity contribution in [2.75, 3.05) is 31.0 Å². The Kier molecular flexibility index (Phi) is 16.1. The standard InChI is InChI=1S/C45H40N10O16S6/c1-23-14-34(51-53-40-24(2)30(21-46)43-47-31-9-7-27(70-3)17-36(31)55(43)44(40)57)37(71-10-4-12-74(58,59)60)19-32(23)49-52-35-15-26(22-56)33(20-38(35)72-11-5-13-75(61,62)63)50-54-45-48-41-39(77(67,68)69)16-25-6-8-28(76(64,65)66)18-29(25)42(41)73-45/h6-9,14-20,56-57H,4-5,10-13,22H2,1-3H3,(H,58,59,60)(H,61,62,63)(H,64,65,66)(H,67,68,69). The summed E-state index contributed by atoms with van der Waals surface area (Å²) >= 11 is 1.83. The molecule has 5 aromatic carbocycles. The predicted molar refractivity (Wildman–Crippen MR) is 281 cm³/mol. The van der Waals surface area contributed by atoms with E-state index >= 15 is 0 Å². The van der Waals surface area contributed by atoms with Gasteiger partial charge in [0.05, 0.1) is 69.5 Å². The zero-order valence-electron chi connectivity index (χ0n) is 40.0. The lowest BCUT2D eigenvalue weighted by Gasteiger charge is -2.12. The van der Waals surface area contributed by atoms with Crippen LogP contribution < -0.4 is 9.47 Å². The molecule has 26 nitrogen and oxygen atoms in total. The molecule has 0 unspecified atom stereocenters.